The summed E-state index contributed by atoms with van der Waals surface area (Å²) in [6.07, 6.45) is 1.35. The number of carbonyl (C=O) groups is 1. The summed E-state index contributed by atoms with van der Waals surface area (Å²) in [5.74, 6) is 0.342. The van der Waals surface area contributed by atoms with Gasteiger partial charge < -0.3 is 10.1 Å². The van der Waals surface area contributed by atoms with Crippen LogP contribution in [-0.2, 0) is 20.2 Å². The molecule has 1 atom stereocenters. The average molecular weight is 459 g/mol. The summed E-state index contributed by atoms with van der Waals surface area (Å²) in [5, 5.41) is 2.91. The molecule has 1 fully saturated rings. The highest BCUT2D eigenvalue weighted by molar-refractivity contribution is 7.89. The second-order valence-corrected chi connectivity index (χ2v) is 11.3. The number of ether oxygens (including phenoxy) is 1. The first-order valence-electron chi connectivity index (χ1n) is 11.2. The Balaban J connectivity index is 1.53. The van der Waals surface area contributed by atoms with Crippen molar-refractivity contribution in [1.82, 2.24) is 9.62 Å². The second kappa shape index (κ2) is 10.0. The molecule has 1 N–H and O–H groups in total. The van der Waals surface area contributed by atoms with Gasteiger partial charge in [0.2, 0.25) is 15.9 Å². The Labute approximate surface area is 192 Å². The molecule has 2 aromatic rings. The van der Waals surface area contributed by atoms with Gasteiger partial charge in [0.05, 0.1) is 17.4 Å². The monoisotopic (exact) mass is 458 g/mol. The number of hydrogen-bond acceptors (Lipinski definition) is 4. The van der Waals surface area contributed by atoms with E-state index in [1.807, 2.05) is 25.1 Å². The number of hydrogen-bond donors (Lipinski definition) is 1. The number of amides is 1. The number of carbonyl (C=O) groups excluding carboxylic acids is 1. The van der Waals surface area contributed by atoms with Crippen LogP contribution >= 0.6 is 0 Å². The summed E-state index contributed by atoms with van der Waals surface area (Å²) in [6.45, 7) is 9.70. The minimum Gasteiger partial charge on any atom is -0.491 e. The zero-order valence-corrected chi connectivity index (χ0v) is 20.2. The molecule has 1 aliphatic rings. The molecule has 0 aromatic heterocycles. The van der Waals surface area contributed by atoms with Crippen LogP contribution in [-0.4, -0.2) is 44.9 Å². The lowest BCUT2D eigenvalue weighted by molar-refractivity contribution is -0.126. The smallest absolute Gasteiger partial charge is 0.243 e. The van der Waals surface area contributed by atoms with Gasteiger partial charge in [-0.1, -0.05) is 56.7 Å². The van der Waals surface area contributed by atoms with Crippen LogP contribution in [0.3, 0.4) is 0 Å². The molecule has 1 aliphatic heterocycles. The number of sulfonamides is 1. The SMILES string of the molecule is Cc1ccc(S(=O)(=O)N2CCCC(C(=O)NCCOc3ccccc3C(C)(C)C)C2)cc1. The summed E-state index contributed by atoms with van der Waals surface area (Å²) in [7, 11) is -3.60. The lowest BCUT2D eigenvalue weighted by atomic mass is 9.86. The largest absolute Gasteiger partial charge is 0.491 e. The van der Waals surface area contributed by atoms with Crippen LogP contribution in [0.1, 0.15) is 44.7 Å². The fraction of sp³-hybridized carbons (Fsp3) is 0.480. The molecule has 32 heavy (non-hydrogen) atoms. The highest BCUT2D eigenvalue weighted by Crippen LogP contribution is 2.31. The summed E-state index contributed by atoms with van der Waals surface area (Å²) in [6, 6.07) is 14.8. The van der Waals surface area contributed by atoms with E-state index in [0.717, 1.165) is 16.9 Å². The van der Waals surface area contributed by atoms with Crippen LogP contribution in [0.15, 0.2) is 53.4 Å². The van der Waals surface area contributed by atoms with Crippen molar-refractivity contribution in [1.29, 1.82) is 0 Å². The molecule has 1 heterocycles. The number of piperidine rings is 1. The van der Waals surface area contributed by atoms with Crippen molar-refractivity contribution in [2.75, 3.05) is 26.2 Å². The van der Waals surface area contributed by atoms with Crippen molar-refractivity contribution < 1.29 is 17.9 Å². The first-order valence-corrected chi connectivity index (χ1v) is 12.6. The Hall–Kier alpha value is -2.38. The van der Waals surface area contributed by atoms with Crippen molar-refractivity contribution >= 4 is 15.9 Å². The molecular formula is C25H34N2O4S. The van der Waals surface area contributed by atoms with E-state index >= 15 is 0 Å². The maximum Gasteiger partial charge on any atom is 0.243 e. The molecule has 2 aromatic carbocycles. The van der Waals surface area contributed by atoms with Gasteiger partial charge in [0.15, 0.2) is 0 Å². The van der Waals surface area contributed by atoms with Crippen LogP contribution in [0.5, 0.6) is 5.75 Å². The molecule has 3 rings (SSSR count). The topological polar surface area (TPSA) is 75.7 Å². The Bertz CT molecular complexity index is 1030. The predicted molar refractivity (Wildman–Crippen MR) is 126 cm³/mol. The highest BCUT2D eigenvalue weighted by atomic mass is 32.2. The van der Waals surface area contributed by atoms with Gasteiger partial charge in [-0.05, 0) is 48.9 Å². The van der Waals surface area contributed by atoms with Gasteiger partial charge in [0.25, 0.3) is 0 Å². The maximum absolute atomic E-state index is 13.0. The third kappa shape index (κ3) is 5.90. The van der Waals surface area contributed by atoms with Gasteiger partial charge in [-0.15, -0.1) is 0 Å². The van der Waals surface area contributed by atoms with E-state index in [1.165, 1.54) is 4.31 Å². The Morgan fingerprint density at radius 1 is 1.12 bits per heavy atom. The molecule has 174 valence electrons. The van der Waals surface area contributed by atoms with Gasteiger partial charge in [-0.3, -0.25) is 4.79 Å². The Morgan fingerprint density at radius 3 is 2.50 bits per heavy atom. The Morgan fingerprint density at radius 2 is 1.81 bits per heavy atom. The van der Waals surface area contributed by atoms with Gasteiger partial charge in [-0.2, -0.15) is 4.31 Å². The van der Waals surface area contributed by atoms with Crippen LogP contribution in [0.4, 0.5) is 0 Å². The first kappa shape index (κ1) is 24.3. The lowest BCUT2D eigenvalue weighted by Gasteiger charge is -2.31. The Kier molecular flexibility index (Phi) is 7.62. The first-order chi connectivity index (χ1) is 15.1. The number of nitrogens with zero attached hydrogens (tertiary/aromatic N) is 1. The second-order valence-electron chi connectivity index (χ2n) is 9.40. The van der Waals surface area contributed by atoms with Crippen LogP contribution in [0, 0.1) is 12.8 Å². The number of rotatable bonds is 7. The molecule has 0 radical (unpaired) electrons. The summed E-state index contributed by atoms with van der Waals surface area (Å²) >= 11 is 0. The molecule has 0 saturated carbocycles. The number of para-hydroxylation sites is 1. The molecule has 0 bridgehead atoms. The molecule has 7 heteroatoms. The van der Waals surface area contributed by atoms with Crippen LogP contribution < -0.4 is 10.1 Å². The summed E-state index contributed by atoms with van der Waals surface area (Å²) < 4.78 is 33.3. The molecule has 0 spiro atoms. The van der Waals surface area contributed by atoms with Crippen LogP contribution in [0.25, 0.3) is 0 Å². The molecule has 1 amide bonds. The lowest BCUT2D eigenvalue weighted by Crippen LogP contribution is -2.46. The quantitative estimate of drug-likeness (QED) is 0.639. The van der Waals surface area contributed by atoms with Gasteiger partial charge in [0.1, 0.15) is 12.4 Å². The van der Waals surface area contributed by atoms with Gasteiger partial charge in [-0.25, -0.2) is 8.42 Å². The minimum atomic E-state index is -3.60. The molecule has 0 aliphatic carbocycles. The van der Waals surface area contributed by atoms with E-state index < -0.39 is 10.0 Å². The van der Waals surface area contributed by atoms with Gasteiger partial charge in [0, 0.05) is 13.1 Å². The third-order valence-corrected chi connectivity index (χ3v) is 7.65. The van der Waals surface area contributed by atoms with E-state index in [9.17, 15) is 13.2 Å². The maximum atomic E-state index is 13.0. The number of aryl methyl sites for hydroxylation is 1. The van der Waals surface area contributed by atoms with E-state index in [1.54, 1.807) is 24.3 Å². The van der Waals surface area contributed by atoms with Gasteiger partial charge >= 0.3 is 0 Å². The van der Waals surface area contributed by atoms with E-state index in [2.05, 4.69) is 32.2 Å². The van der Waals surface area contributed by atoms with Crippen molar-refractivity contribution in [3.05, 3.63) is 59.7 Å². The fourth-order valence-corrected chi connectivity index (χ4v) is 5.45. The standard InChI is InChI=1S/C25H34N2O4S/c1-19-11-13-21(14-12-19)32(29,30)27-16-7-8-20(18-27)24(28)26-15-17-31-23-10-6-5-9-22(23)25(2,3)4/h5-6,9-14,20H,7-8,15-18H2,1-4H3,(H,26,28). The zero-order chi connectivity index (χ0) is 23.4. The summed E-state index contributed by atoms with van der Waals surface area (Å²) in [5.41, 5.74) is 2.09. The number of nitrogens with one attached hydrogen (secondary N) is 1. The fourth-order valence-electron chi connectivity index (χ4n) is 3.93. The van der Waals surface area contributed by atoms with E-state index in [4.69, 9.17) is 4.74 Å². The van der Waals surface area contributed by atoms with Crippen molar-refractivity contribution in [2.45, 2.75) is 50.8 Å². The average Bonchev–Trinajstić information content (AvgIpc) is 2.76. The summed E-state index contributed by atoms with van der Waals surface area (Å²) in [4.78, 5) is 13.0. The van der Waals surface area contributed by atoms with Crippen molar-refractivity contribution in [3.63, 3.8) is 0 Å². The number of benzene rings is 2. The minimum absolute atomic E-state index is 0.0334. The zero-order valence-electron chi connectivity index (χ0n) is 19.4. The molecular weight excluding hydrogens is 424 g/mol. The van der Waals surface area contributed by atoms with Crippen molar-refractivity contribution in [3.8, 4) is 5.75 Å². The molecule has 1 saturated heterocycles. The highest BCUT2D eigenvalue weighted by Gasteiger charge is 2.33. The van der Waals surface area contributed by atoms with E-state index in [-0.39, 0.29) is 28.7 Å². The predicted octanol–water partition coefficient (Wildman–Crippen LogP) is 3.89. The molecule has 1 unspecified atom stereocenters. The van der Waals surface area contributed by atoms with E-state index in [0.29, 0.717) is 32.5 Å². The van der Waals surface area contributed by atoms with Crippen LogP contribution in [0.2, 0.25) is 0 Å². The van der Waals surface area contributed by atoms with Crippen molar-refractivity contribution in [2.24, 2.45) is 5.92 Å². The molecule has 6 nitrogen and oxygen atoms in total. The third-order valence-electron chi connectivity index (χ3n) is 5.77. The normalized spacial score (nSPS) is 17.7.